The van der Waals surface area contributed by atoms with Gasteiger partial charge in [-0.15, -0.1) is 0 Å². The molecular formula is C24H32N2O7. The third-order valence-corrected chi connectivity index (χ3v) is 4.78. The van der Waals surface area contributed by atoms with Gasteiger partial charge in [0, 0.05) is 5.56 Å². The Morgan fingerprint density at radius 1 is 0.848 bits per heavy atom. The highest BCUT2D eigenvalue weighted by atomic mass is 16.5. The zero-order valence-electron chi connectivity index (χ0n) is 19.9. The van der Waals surface area contributed by atoms with Gasteiger partial charge in [0.25, 0.3) is 5.91 Å². The van der Waals surface area contributed by atoms with Crippen molar-refractivity contribution in [3.05, 3.63) is 41.5 Å². The van der Waals surface area contributed by atoms with Crippen molar-refractivity contribution in [1.82, 2.24) is 10.6 Å². The Bertz CT molecular complexity index is 937. The van der Waals surface area contributed by atoms with Gasteiger partial charge >= 0.3 is 0 Å². The molecule has 2 aromatic carbocycles. The van der Waals surface area contributed by atoms with Crippen molar-refractivity contribution in [2.45, 2.75) is 26.8 Å². The maximum absolute atomic E-state index is 12.5. The zero-order valence-corrected chi connectivity index (χ0v) is 19.9. The summed E-state index contributed by atoms with van der Waals surface area (Å²) in [6.45, 7) is 6.27. The summed E-state index contributed by atoms with van der Waals surface area (Å²) in [6, 6.07) is 8.06. The number of hydrogen-bond acceptors (Lipinski definition) is 7. The van der Waals surface area contributed by atoms with Crippen LogP contribution in [0.25, 0.3) is 0 Å². The largest absolute Gasteiger partial charge is 0.493 e. The van der Waals surface area contributed by atoms with Crippen LogP contribution in [0.4, 0.5) is 0 Å². The highest BCUT2D eigenvalue weighted by molar-refractivity contribution is 5.97. The van der Waals surface area contributed by atoms with Crippen LogP contribution >= 0.6 is 0 Å². The predicted octanol–water partition coefficient (Wildman–Crippen LogP) is 3.12. The normalized spacial score (nSPS) is 11.2. The number of nitrogens with one attached hydrogen (secondary N) is 2. The molecule has 33 heavy (non-hydrogen) atoms. The third-order valence-electron chi connectivity index (χ3n) is 4.78. The van der Waals surface area contributed by atoms with Crippen LogP contribution in [-0.4, -0.2) is 52.9 Å². The quantitative estimate of drug-likeness (QED) is 0.501. The van der Waals surface area contributed by atoms with Crippen LogP contribution in [0.2, 0.25) is 0 Å². The second kappa shape index (κ2) is 12.4. The molecule has 0 spiro atoms. The van der Waals surface area contributed by atoms with Crippen LogP contribution in [0.5, 0.6) is 28.7 Å². The lowest BCUT2D eigenvalue weighted by Gasteiger charge is -2.19. The Labute approximate surface area is 194 Å². The van der Waals surface area contributed by atoms with E-state index in [0.29, 0.717) is 47.5 Å². The molecule has 0 aliphatic carbocycles. The van der Waals surface area contributed by atoms with E-state index in [1.54, 1.807) is 30.3 Å². The number of methoxy groups -OCH3 is 3. The average Bonchev–Trinajstić information content (AvgIpc) is 2.82. The standard InChI is InChI=1S/C24H32N2O7/c1-7-32-18-10-9-16(11-19(18)33-8-2)24(28)25-14-22(27)26-15(3)17-12-20(29-4)23(31-6)21(13-17)30-5/h9-13,15H,7-8,14H2,1-6H3,(H,25,28)(H,26,27). The first-order chi connectivity index (χ1) is 15.9. The summed E-state index contributed by atoms with van der Waals surface area (Å²) in [6.07, 6.45) is 0. The fourth-order valence-electron chi connectivity index (χ4n) is 3.18. The van der Waals surface area contributed by atoms with Gasteiger partial charge in [0.2, 0.25) is 11.7 Å². The van der Waals surface area contributed by atoms with Crippen molar-refractivity contribution in [3.8, 4) is 28.7 Å². The van der Waals surface area contributed by atoms with E-state index in [1.807, 2.05) is 20.8 Å². The van der Waals surface area contributed by atoms with Crippen molar-refractivity contribution in [3.63, 3.8) is 0 Å². The predicted molar refractivity (Wildman–Crippen MR) is 124 cm³/mol. The molecule has 2 rings (SSSR count). The van der Waals surface area contributed by atoms with E-state index in [-0.39, 0.29) is 18.5 Å². The summed E-state index contributed by atoms with van der Waals surface area (Å²) in [5.74, 6) is 1.75. The van der Waals surface area contributed by atoms with E-state index in [2.05, 4.69) is 10.6 Å². The monoisotopic (exact) mass is 460 g/mol. The summed E-state index contributed by atoms with van der Waals surface area (Å²) in [5, 5.41) is 5.47. The second-order valence-corrected chi connectivity index (χ2v) is 6.96. The Hall–Kier alpha value is -3.62. The molecule has 9 heteroatoms. The molecule has 0 saturated carbocycles. The Morgan fingerprint density at radius 2 is 1.45 bits per heavy atom. The number of benzene rings is 2. The first-order valence-electron chi connectivity index (χ1n) is 10.6. The van der Waals surface area contributed by atoms with Crippen molar-refractivity contribution in [2.24, 2.45) is 0 Å². The number of carbonyl (C=O) groups excluding carboxylic acids is 2. The van der Waals surface area contributed by atoms with Crippen molar-refractivity contribution in [2.75, 3.05) is 41.1 Å². The van der Waals surface area contributed by atoms with Crippen LogP contribution in [-0.2, 0) is 4.79 Å². The van der Waals surface area contributed by atoms with Crippen LogP contribution in [0, 0.1) is 0 Å². The van der Waals surface area contributed by atoms with E-state index in [1.165, 1.54) is 21.3 Å². The van der Waals surface area contributed by atoms with Gasteiger partial charge in [-0.2, -0.15) is 0 Å². The van der Waals surface area contributed by atoms with E-state index >= 15 is 0 Å². The molecule has 0 aliphatic heterocycles. The highest BCUT2D eigenvalue weighted by Gasteiger charge is 2.18. The summed E-state index contributed by atoms with van der Waals surface area (Å²) < 4.78 is 27.1. The van der Waals surface area contributed by atoms with Gasteiger partial charge in [0.05, 0.1) is 47.1 Å². The fraction of sp³-hybridized carbons (Fsp3) is 0.417. The molecule has 180 valence electrons. The molecule has 1 atom stereocenters. The van der Waals surface area contributed by atoms with Gasteiger partial charge in [-0.1, -0.05) is 0 Å². The number of rotatable bonds is 12. The Kier molecular flexibility index (Phi) is 9.65. The molecule has 2 aromatic rings. The molecule has 1 unspecified atom stereocenters. The molecule has 2 N–H and O–H groups in total. The molecule has 0 aliphatic rings. The molecule has 0 saturated heterocycles. The van der Waals surface area contributed by atoms with Gasteiger partial charge < -0.3 is 34.3 Å². The lowest BCUT2D eigenvalue weighted by Crippen LogP contribution is -2.38. The van der Waals surface area contributed by atoms with Crippen LogP contribution in [0.1, 0.15) is 42.7 Å². The zero-order chi connectivity index (χ0) is 24.4. The van der Waals surface area contributed by atoms with Gasteiger partial charge in [0.1, 0.15) is 0 Å². The molecule has 0 aromatic heterocycles. The van der Waals surface area contributed by atoms with Crippen LogP contribution < -0.4 is 34.3 Å². The third kappa shape index (κ3) is 6.68. The molecule has 0 radical (unpaired) electrons. The van der Waals surface area contributed by atoms with Gasteiger partial charge in [0.15, 0.2) is 23.0 Å². The average molecular weight is 461 g/mol. The van der Waals surface area contributed by atoms with E-state index in [0.717, 1.165) is 5.56 Å². The molecule has 2 amide bonds. The van der Waals surface area contributed by atoms with Crippen molar-refractivity contribution >= 4 is 11.8 Å². The van der Waals surface area contributed by atoms with E-state index in [4.69, 9.17) is 23.7 Å². The lowest BCUT2D eigenvalue weighted by atomic mass is 10.1. The Morgan fingerprint density at radius 3 is 2.00 bits per heavy atom. The summed E-state index contributed by atoms with van der Waals surface area (Å²) in [4.78, 5) is 25.0. The van der Waals surface area contributed by atoms with Crippen LogP contribution in [0.15, 0.2) is 30.3 Å². The fourth-order valence-corrected chi connectivity index (χ4v) is 3.18. The number of carbonyl (C=O) groups is 2. The van der Waals surface area contributed by atoms with Gasteiger partial charge in [-0.3, -0.25) is 9.59 Å². The Balaban J connectivity index is 2.02. The van der Waals surface area contributed by atoms with E-state index < -0.39 is 5.91 Å². The molecule has 0 fully saturated rings. The number of amides is 2. The first-order valence-corrected chi connectivity index (χ1v) is 10.6. The maximum atomic E-state index is 12.5. The summed E-state index contributed by atoms with van der Waals surface area (Å²) >= 11 is 0. The number of hydrogen-bond donors (Lipinski definition) is 2. The van der Waals surface area contributed by atoms with Crippen molar-refractivity contribution < 1.29 is 33.3 Å². The van der Waals surface area contributed by atoms with E-state index in [9.17, 15) is 9.59 Å². The SMILES string of the molecule is CCOc1ccc(C(=O)NCC(=O)NC(C)c2cc(OC)c(OC)c(OC)c2)cc1OCC. The molecular weight excluding hydrogens is 428 g/mol. The summed E-state index contributed by atoms with van der Waals surface area (Å²) in [5.41, 5.74) is 1.13. The van der Waals surface area contributed by atoms with Crippen molar-refractivity contribution in [1.29, 1.82) is 0 Å². The molecule has 9 nitrogen and oxygen atoms in total. The molecule has 0 bridgehead atoms. The first kappa shape index (κ1) is 25.6. The smallest absolute Gasteiger partial charge is 0.251 e. The number of ether oxygens (including phenoxy) is 5. The minimum atomic E-state index is -0.394. The van der Waals surface area contributed by atoms with Gasteiger partial charge in [-0.05, 0) is 56.7 Å². The minimum absolute atomic E-state index is 0.190. The lowest BCUT2D eigenvalue weighted by molar-refractivity contribution is -0.120. The highest BCUT2D eigenvalue weighted by Crippen LogP contribution is 2.39. The maximum Gasteiger partial charge on any atom is 0.251 e. The topological polar surface area (TPSA) is 104 Å². The molecule has 0 heterocycles. The van der Waals surface area contributed by atoms with Crippen LogP contribution in [0.3, 0.4) is 0 Å². The minimum Gasteiger partial charge on any atom is -0.493 e. The summed E-state index contributed by atoms with van der Waals surface area (Å²) in [7, 11) is 4.57. The second-order valence-electron chi connectivity index (χ2n) is 6.96. The van der Waals surface area contributed by atoms with Gasteiger partial charge in [-0.25, -0.2) is 0 Å².